The van der Waals surface area contributed by atoms with Crippen LogP contribution in [-0.2, 0) is 12.8 Å². The second-order valence-corrected chi connectivity index (χ2v) is 4.93. The number of rotatable bonds is 6. The molecule has 2 aromatic carbocycles. The fraction of sp³-hybridized carbons (Fsp3) is 0.294. The average molecular weight is 240 g/mol. The molecule has 18 heavy (non-hydrogen) atoms. The van der Waals surface area contributed by atoms with Crippen molar-refractivity contribution in [2.24, 2.45) is 0 Å². The lowest BCUT2D eigenvalue weighted by molar-refractivity contribution is -0.879. The van der Waals surface area contributed by atoms with Gasteiger partial charge in [-0.1, -0.05) is 60.7 Å². The average Bonchev–Trinajstić information content (AvgIpc) is 2.45. The molecule has 1 nitrogen and oxygen atoms in total. The Morgan fingerprint density at radius 3 is 1.44 bits per heavy atom. The van der Waals surface area contributed by atoms with Crippen molar-refractivity contribution in [3.05, 3.63) is 71.8 Å². The van der Waals surface area contributed by atoms with Crippen molar-refractivity contribution >= 4 is 0 Å². The molecule has 0 heterocycles. The normalized spacial score (nSPS) is 10.8. The van der Waals surface area contributed by atoms with E-state index in [0.29, 0.717) is 0 Å². The van der Waals surface area contributed by atoms with E-state index in [1.54, 1.807) is 4.90 Å². The molecule has 0 atom stereocenters. The number of nitrogens with one attached hydrogen (secondary N) is 1. The molecule has 0 radical (unpaired) electrons. The third-order valence-corrected chi connectivity index (χ3v) is 3.37. The van der Waals surface area contributed by atoms with Gasteiger partial charge in [0.25, 0.3) is 0 Å². The molecule has 1 N–H and O–H groups in total. The van der Waals surface area contributed by atoms with Crippen molar-refractivity contribution in [2.45, 2.75) is 12.8 Å². The summed E-state index contributed by atoms with van der Waals surface area (Å²) in [5.74, 6) is 0. The molecule has 0 amide bonds. The molecule has 0 aliphatic heterocycles. The van der Waals surface area contributed by atoms with Gasteiger partial charge in [0.05, 0.1) is 20.1 Å². The van der Waals surface area contributed by atoms with Crippen LogP contribution in [0.2, 0.25) is 0 Å². The van der Waals surface area contributed by atoms with Crippen LogP contribution < -0.4 is 4.90 Å². The Hall–Kier alpha value is -1.60. The van der Waals surface area contributed by atoms with Crippen LogP contribution in [0.4, 0.5) is 0 Å². The van der Waals surface area contributed by atoms with Crippen LogP contribution in [0.15, 0.2) is 60.7 Å². The number of hydrogen-bond donors (Lipinski definition) is 1. The van der Waals surface area contributed by atoms with Crippen molar-refractivity contribution in [3.63, 3.8) is 0 Å². The number of likely N-dealkylation sites (N-methyl/N-ethyl adjacent to an activating group) is 1. The highest BCUT2D eigenvalue weighted by atomic mass is 15.1. The zero-order valence-corrected chi connectivity index (χ0v) is 11.1. The van der Waals surface area contributed by atoms with Gasteiger partial charge in [0.1, 0.15) is 0 Å². The van der Waals surface area contributed by atoms with E-state index < -0.39 is 0 Å². The van der Waals surface area contributed by atoms with Crippen LogP contribution >= 0.6 is 0 Å². The lowest BCUT2D eigenvalue weighted by Crippen LogP contribution is -3.09. The van der Waals surface area contributed by atoms with E-state index in [0.717, 1.165) is 0 Å². The summed E-state index contributed by atoms with van der Waals surface area (Å²) in [6.45, 7) is 2.41. The summed E-state index contributed by atoms with van der Waals surface area (Å²) in [7, 11) is 2.28. The van der Waals surface area contributed by atoms with Crippen LogP contribution in [0.5, 0.6) is 0 Å². The fourth-order valence-corrected chi connectivity index (χ4v) is 2.13. The summed E-state index contributed by atoms with van der Waals surface area (Å²) in [6, 6.07) is 21.5. The van der Waals surface area contributed by atoms with Crippen molar-refractivity contribution < 1.29 is 4.90 Å². The minimum Gasteiger partial charge on any atom is -0.337 e. The Bertz CT molecular complexity index is 392. The second-order valence-electron chi connectivity index (χ2n) is 4.93. The van der Waals surface area contributed by atoms with Crippen molar-refractivity contribution in [2.75, 3.05) is 20.1 Å². The van der Waals surface area contributed by atoms with E-state index in [1.807, 2.05) is 0 Å². The van der Waals surface area contributed by atoms with Gasteiger partial charge in [-0.2, -0.15) is 0 Å². The number of quaternary nitrogens is 1. The van der Waals surface area contributed by atoms with Crippen LogP contribution in [0.25, 0.3) is 0 Å². The monoisotopic (exact) mass is 240 g/mol. The zero-order chi connectivity index (χ0) is 12.6. The van der Waals surface area contributed by atoms with Gasteiger partial charge in [0, 0.05) is 12.8 Å². The van der Waals surface area contributed by atoms with E-state index in [-0.39, 0.29) is 0 Å². The topological polar surface area (TPSA) is 4.44 Å². The van der Waals surface area contributed by atoms with Crippen molar-refractivity contribution in [1.29, 1.82) is 0 Å². The molecular weight excluding hydrogens is 218 g/mol. The zero-order valence-electron chi connectivity index (χ0n) is 11.1. The summed E-state index contributed by atoms with van der Waals surface area (Å²) in [5, 5.41) is 0. The van der Waals surface area contributed by atoms with Gasteiger partial charge in [-0.3, -0.25) is 0 Å². The molecule has 2 aromatic rings. The molecule has 0 saturated carbocycles. The Kier molecular flexibility index (Phi) is 4.98. The number of hydrogen-bond acceptors (Lipinski definition) is 0. The van der Waals surface area contributed by atoms with Gasteiger partial charge in [-0.25, -0.2) is 0 Å². The third-order valence-electron chi connectivity index (χ3n) is 3.37. The maximum absolute atomic E-state index is 2.28. The van der Waals surface area contributed by atoms with Gasteiger partial charge in [0.15, 0.2) is 0 Å². The molecule has 94 valence electrons. The third kappa shape index (κ3) is 4.34. The van der Waals surface area contributed by atoms with E-state index in [1.165, 1.54) is 37.1 Å². The Morgan fingerprint density at radius 2 is 1.06 bits per heavy atom. The SMILES string of the molecule is C[NH+](CCc1ccccc1)CCc1ccccc1. The van der Waals surface area contributed by atoms with Crippen LogP contribution in [-0.4, -0.2) is 20.1 Å². The van der Waals surface area contributed by atoms with E-state index in [9.17, 15) is 0 Å². The standard InChI is InChI=1S/C17H21N/c1-18(14-12-16-8-4-2-5-9-16)15-13-17-10-6-3-7-11-17/h2-11H,12-15H2,1H3/p+1. The molecule has 1 heteroatoms. The second kappa shape index (κ2) is 6.97. The first-order valence-corrected chi connectivity index (χ1v) is 6.74. The Morgan fingerprint density at radius 1 is 0.667 bits per heavy atom. The summed E-state index contributed by atoms with van der Waals surface area (Å²) < 4.78 is 0. The lowest BCUT2D eigenvalue weighted by Gasteiger charge is -2.14. The van der Waals surface area contributed by atoms with Crippen molar-refractivity contribution in [3.8, 4) is 0 Å². The first kappa shape index (κ1) is 12.8. The fourth-order valence-electron chi connectivity index (χ4n) is 2.13. The summed E-state index contributed by atoms with van der Waals surface area (Å²) in [5.41, 5.74) is 2.88. The Balaban J connectivity index is 1.71. The number of benzene rings is 2. The molecule has 0 unspecified atom stereocenters. The van der Waals surface area contributed by atoms with Crippen LogP contribution in [0, 0.1) is 0 Å². The first-order chi connectivity index (χ1) is 8.84. The molecule has 0 aliphatic carbocycles. The molecule has 0 fully saturated rings. The van der Waals surface area contributed by atoms with Gasteiger partial charge in [-0.15, -0.1) is 0 Å². The molecule has 0 spiro atoms. The lowest BCUT2D eigenvalue weighted by atomic mass is 10.1. The molecule has 0 aromatic heterocycles. The van der Waals surface area contributed by atoms with E-state index >= 15 is 0 Å². The van der Waals surface area contributed by atoms with Gasteiger partial charge in [-0.05, 0) is 11.1 Å². The molecule has 0 bridgehead atoms. The molecule has 2 rings (SSSR count). The van der Waals surface area contributed by atoms with Crippen LogP contribution in [0.3, 0.4) is 0 Å². The summed E-state index contributed by atoms with van der Waals surface area (Å²) in [6.07, 6.45) is 2.34. The highest BCUT2D eigenvalue weighted by molar-refractivity contribution is 5.15. The smallest absolute Gasteiger partial charge is 0.0809 e. The predicted octanol–water partition coefficient (Wildman–Crippen LogP) is 1.99. The Labute approximate surface area is 110 Å². The van der Waals surface area contributed by atoms with Gasteiger partial charge in [0.2, 0.25) is 0 Å². The molecule has 0 aliphatic rings. The van der Waals surface area contributed by atoms with E-state index in [2.05, 4.69) is 67.7 Å². The van der Waals surface area contributed by atoms with E-state index in [4.69, 9.17) is 0 Å². The highest BCUT2D eigenvalue weighted by Crippen LogP contribution is 1.98. The van der Waals surface area contributed by atoms with Crippen LogP contribution in [0.1, 0.15) is 11.1 Å². The maximum atomic E-state index is 2.28. The maximum Gasteiger partial charge on any atom is 0.0809 e. The minimum absolute atomic E-state index is 1.17. The van der Waals surface area contributed by atoms with Crippen molar-refractivity contribution in [1.82, 2.24) is 0 Å². The quantitative estimate of drug-likeness (QED) is 0.787. The van der Waals surface area contributed by atoms with Gasteiger partial charge < -0.3 is 4.90 Å². The highest BCUT2D eigenvalue weighted by Gasteiger charge is 2.03. The summed E-state index contributed by atoms with van der Waals surface area (Å²) >= 11 is 0. The predicted molar refractivity (Wildman–Crippen MR) is 76.9 cm³/mol. The first-order valence-electron chi connectivity index (χ1n) is 6.74. The molecule has 0 saturated heterocycles. The van der Waals surface area contributed by atoms with Gasteiger partial charge >= 0.3 is 0 Å². The summed E-state index contributed by atoms with van der Waals surface area (Å²) in [4.78, 5) is 1.60. The largest absolute Gasteiger partial charge is 0.337 e. The molecular formula is C17H22N+. The minimum atomic E-state index is 1.17.